The quantitative estimate of drug-likeness (QED) is 0.546. The first-order valence-electron chi connectivity index (χ1n) is 8.35. The lowest BCUT2D eigenvalue weighted by atomic mass is 9.98. The van der Waals surface area contributed by atoms with E-state index in [2.05, 4.69) is 0 Å². The van der Waals surface area contributed by atoms with Gasteiger partial charge in [0.15, 0.2) is 5.43 Å². The van der Waals surface area contributed by atoms with Crippen LogP contribution in [0.4, 0.5) is 10.1 Å². The first-order valence-corrected chi connectivity index (χ1v) is 8.35. The smallest absolute Gasteiger partial charge is 0.290 e. The molecule has 1 atom stereocenters. The second-order valence-electron chi connectivity index (χ2n) is 6.29. The zero-order chi connectivity index (χ0) is 20.0. The molecule has 8 nitrogen and oxygen atoms in total. The highest BCUT2D eigenvalue weighted by atomic mass is 19.1. The van der Waals surface area contributed by atoms with Gasteiger partial charge in [0.2, 0.25) is 5.76 Å². The zero-order valence-electron chi connectivity index (χ0n) is 14.3. The van der Waals surface area contributed by atoms with Crippen LogP contribution >= 0.6 is 0 Å². The number of nitro benzene ring substituents is 1. The summed E-state index contributed by atoms with van der Waals surface area (Å²) in [7, 11) is 0. The van der Waals surface area contributed by atoms with Crippen molar-refractivity contribution in [3.05, 3.63) is 85.5 Å². The number of nitrogens with zero attached hydrogens (tertiary/aromatic N) is 2. The van der Waals surface area contributed by atoms with E-state index in [0.29, 0.717) is 5.56 Å². The lowest BCUT2D eigenvalue weighted by molar-refractivity contribution is -0.384. The van der Waals surface area contributed by atoms with Crippen LogP contribution in [0.3, 0.4) is 0 Å². The summed E-state index contributed by atoms with van der Waals surface area (Å²) in [6, 6.07) is 7.92. The molecule has 1 aliphatic heterocycles. The number of β-amino-alcohol motifs (C(OH)–C–C–N with tert-alkyl or cyclic N) is 1. The number of carbonyl (C=O) groups excluding carboxylic acids is 1. The fourth-order valence-corrected chi connectivity index (χ4v) is 3.46. The summed E-state index contributed by atoms with van der Waals surface area (Å²) < 4.78 is 19.2. The normalized spacial score (nSPS) is 15.9. The average Bonchev–Trinajstić information content (AvgIpc) is 2.95. The highest BCUT2D eigenvalue weighted by molar-refractivity contribution is 5.99. The van der Waals surface area contributed by atoms with Crippen molar-refractivity contribution in [2.75, 3.05) is 13.2 Å². The zero-order valence-corrected chi connectivity index (χ0v) is 14.3. The number of hydrogen-bond acceptors (Lipinski definition) is 6. The number of rotatable bonds is 4. The SMILES string of the molecule is O=C1c2oc3ccc(F)cc3c(=O)c2[C@H](c2ccc([N+](=O)[O-])cc2)N1CCO. The van der Waals surface area contributed by atoms with Crippen molar-refractivity contribution in [2.24, 2.45) is 0 Å². The van der Waals surface area contributed by atoms with E-state index in [1.54, 1.807) is 0 Å². The van der Waals surface area contributed by atoms with Gasteiger partial charge in [-0.15, -0.1) is 0 Å². The topological polar surface area (TPSA) is 114 Å². The largest absolute Gasteiger partial charge is 0.450 e. The Morgan fingerprint density at radius 3 is 2.54 bits per heavy atom. The molecular weight excluding hydrogens is 371 g/mol. The summed E-state index contributed by atoms with van der Waals surface area (Å²) >= 11 is 0. The highest BCUT2D eigenvalue weighted by Crippen LogP contribution is 2.38. The van der Waals surface area contributed by atoms with E-state index in [-0.39, 0.29) is 41.1 Å². The second-order valence-corrected chi connectivity index (χ2v) is 6.29. The summed E-state index contributed by atoms with van der Waals surface area (Å²) in [5, 5.41) is 20.2. The molecule has 1 aromatic heterocycles. The number of carbonyl (C=O) groups is 1. The average molecular weight is 384 g/mol. The third kappa shape index (κ3) is 2.64. The van der Waals surface area contributed by atoms with Gasteiger partial charge in [0.1, 0.15) is 11.4 Å². The lowest BCUT2D eigenvalue weighted by Crippen LogP contribution is -2.32. The lowest BCUT2D eigenvalue weighted by Gasteiger charge is -2.24. The number of aliphatic hydroxyl groups excluding tert-OH is 1. The molecule has 28 heavy (non-hydrogen) atoms. The summed E-state index contributed by atoms with van der Waals surface area (Å²) in [6.07, 6.45) is 0. The molecule has 1 aliphatic rings. The molecule has 2 heterocycles. The minimum absolute atomic E-state index is 0.00990. The minimum Gasteiger partial charge on any atom is -0.450 e. The highest BCUT2D eigenvalue weighted by Gasteiger charge is 2.42. The van der Waals surface area contributed by atoms with Gasteiger partial charge in [0.25, 0.3) is 11.6 Å². The Balaban J connectivity index is 1.96. The molecule has 1 amide bonds. The van der Waals surface area contributed by atoms with E-state index >= 15 is 0 Å². The summed E-state index contributed by atoms with van der Waals surface area (Å²) in [4.78, 5) is 37.4. The van der Waals surface area contributed by atoms with Crippen LogP contribution < -0.4 is 5.43 Å². The molecule has 3 aromatic rings. The maximum Gasteiger partial charge on any atom is 0.290 e. The van der Waals surface area contributed by atoms with Crippen molar-refractivity contribution in [3.63, 3.8) is 0 Å². The molecular formula is C19H13FN2O6. The molecule has 0 bridgehead atoms. The van der Waals surface area contributed by atoms with Crippen molar-refractivity contribution >= 4 is 22.6 Å². The Labute approximate surface area is 156 Å². The fraction of sp³-hybridized carbons (Fsp3) is 0.158. The van der Waals surface area contributed by atoms with Crippen LogP contribution in [0.2, 0.25) is 0 Å². The van der Waals surface area contributed by atoms with Gasteiger partial charge in [-0.3, -0.25) is 19.7 Å². The monoisotopic (exact) mass is 384 g/mol. The Morgan fingerprint density at radius 1 is 1.18 bits per heavy atom. The summed E-state index contributed by atoms with van der Waals surface area (Å²) in [5.41, 5.74) is -0.172. The Bertz CT molecular complexity index is 1170. The third-order valence-electron chi connectivity index (χ3n) is 4.69. The van der Waals surface area contributed by atoms with E-state index in [9.17, 15) is 29.2 Å². The molecule has 0 spiro atoms. The Kier molecular flexibility index (Phi) is 4.16. The van der Waals surface area contributed by atoms with Crippen molar-refractivity contribution in [1.82, 2.24) is 4.90 Å². The standard InChI is InChI=1S/C19H13FN2O6/c20-11-3-6-14-13(9-11)17(24)15-16(10-1-4-12(5-2-10)22(26)27)21(7-8-23)19(25)18(15)28-14/h1-6,9,16,23H,7-8H2/t16-/m0/s1. The first kappa shape index (κ1) is 17.8. The van der Waals surface area contributed by atoms with E-state index in [1.165, 1.54) is 35.2 Å². The third-order valence-corrected chi connectivity index (χ3v) is 4.69. The molecule has 0 fully saturated rings. The van der Waals surface area contributed by atoms with Gasteiger partial charge in [0, 0.05) is 18.7 Å². The molecule has 0 radical (unpaired) electrons. The number of hydrogen-bond donors (Lipinski definition) is 1. The van der Waals surface area contributed by atoms with Crippen molar-refractivity contribution in [1.29, 1.82) is 0 Å². The molecule has 0 saturated carbocycles. The van der Waals surface area contributed by atoms with Gasteiger partial charge in [-0.1, -0.05) is 0 Å². The maximum atomic E-state index is 13.6. The minimum atomic E-state index is -0.903. The van der Waals surface area contributed by atoms with Crippen LogP contribution in [-0.4, -0.2) is 34.0 Å². The van der Waals surface area contributed by atoms with E-state index in [1.807, 2.05) is 0 Å². The van der Waals surface area contributed by atoms with Gasteiger partial charge in [0.05, 0.1) is 28.5 Å². The Hall–Kier alpha value is -3.59. The van der Waals surface area contributed by atoms with Crippen LogP contribution in [0.25, 0.3) is 11.0 Å². The van der Waals surface area contributed by atoms with Gasteiger partial charge in [-0.2, -0.15) is 0 Å². The van der Waals surface area contributed by atoms with Crippen LogP contribution in [-0.2, 0) is 0 Å². The number of fused-ring (bicyclic) bond motifs is 2. The molecule has 2 aromatic carbocycles. The van der Waals surface area contributed by atoms with Gasteiger partial charge in [-0.05, 0) is 35.9 Å². The molecule has 142 valence electrons. The van der Waals surface area contributed by atoms with Crippen LogP contribution in [0.1, 0.15) is 27.7 Å². The predicted molar refractivity (Wildman–Crippen MR) is 95.5 cm³/mol. The summed E-state index contributed by atoms with van der Waals surface area (Å²) in [6.45, 7) is -0.430. The van der Waals surface area contributed by atoms with Crippen molar-refractivity contribution in [2.45, 2.75) is 6.04 Å². The molecule has 9 heteroatoms. The van der Waals surface area contributed by atoms with Crippen LogP contribution in [0.5, 0.6) is 0 Å². The van der Waals surface area contributed by atoms with Gasteiger partial charge >= 0.3 is 0 Å². The first-order chi connectivity index (χ1) is 13.4. The predicted octanol–water partition coefficient (Wildman–Crippen LogP) is 2.38. The number of halogens is 1. The number of aliphatic hydroxyl groups is 1. The fourth-order valence-electron chi connectivity index (χ4n) is 3.46. The number of amides is 1. The number of nitro groups is 1. The van der Waals surface area contributed by atoms with Gasteiger partial charge in [-0.25, -0.2) is 4.39 Å². The summed E-state index contributed by atoms with van der Waals surface area (Å²) in [5.74, 6) is -1.39. The van der Waals surface area contributed by atoms with Crippen molar-refractivity contribution in [3.8, 4) is 0 Å². The maximum absolute atomic E-state index is 13.6. The van der Waals surface area contributed by atoms with Crippen LogP contribution in [0, 0.1) is 15.9 Å². The molecule has 0 aliphatic carbocycles. The molecule has 0 unspecified atom stereocenters. The molecule has 4 rings (SSSR count). The Morgan fingerprint density at radius 2 is 1.89 bits per heavy atom. The van der Waals surface area contributed by atoms with Gasteiger partial charge < -0.3 is 14.4 Å². The van der Waals surface area contributed by atoms with E-state index in [0.717, 1.165) is 12.1 Å². The second kappa shape index (κ2) is 6.54. The van der Waals surface area contributed by atoms with Crippen molar-refractivity contribution < 1.29 is 23.6 Å². The molecule has 0 saturated heterocycles. The number of non-ortho nitro benzene ring substituents is 1. The van der Waals surface area contributed by atoms with E-state index < -0.39 is 28.1 Å². The number of benzene rings is 2. The molecule has 1 N–H and O–H groups in total. The van der Waals surface area contributed by atoms with Crippen LogP contribution in [0.15, 0.2) is 51.7 Å². The van der Waals surface area contributed by atoms with E-state index in [4.69, 9.17) is 4.42 Å².